The molecule has 0 spiro atoms. The van der Waals surface area contributed by atoms with E-state index in [2.05, 4.69) is 35.6 Å². The quantitative estimate of drug-likeness (QED) is 0.483. The normalized spacial score (nSPS) is 11.4. The second-order valence-corrected chi connectivity index (χ2v) is 6.64. The molecule has 3 aromatic heterocycles. The number of pyridine rings is 1. The lowest BCUT2D eigenvalue weighted by molar-refractivity contribution is 0.626. The van der Waals surface area contributed by atoms with Crippen LogP contribution in [0.15, 0.2) is 67.3 Å². The summed E-state index contributed by atoms with van der Waals surface area (Å²) in [6.07, 6.45) is 6.32. The Morgan fingerprint density at radius 3 is 2.48 bits per heavy atom. The number of hydrogen-bond acceptors (Lipinski definition) is 8. The Hall–Kier alpha value is -4.45. The monoisotopic (exact) mass is 412 g/mol. The molecule has 4 aromatic rings. The molecule has 152 valence electrons. The third kappa shape index (κ3) is 4.94. The summed E-state index contributed by atoms with van der Waals surface area (Å²) in [5, 5.41) is 15.3. The highest BCUT2D eigenvalue weighted by Crippen LogP contribution is 2.25. The van der Waals surface area contributed by atoms with Crippen molar-refractivity contribution in [3.63, 3.8) is 0 Å². The molecular formula is C22H17FN8. The number of rotatable bonds is 6. The summed E-state index contributed by atoms with van der Waals surface area (Å²) in [5.41, 5.74) is 2.53. The lowest BCUT2D eigenvalue weighted by Crippen LogP contribution is -2.11. The predicted octanol–water partition coefficient (Wildman–Crippen LogP) is 4.26. The fourth-order valence-corrected chi connectivity index (χ4v) is 2.86. The van der Waals surface area contributed by atoms with Gasteiger partial charge in [-0.2, -0.15) is 10.2 Å². The van der Waals surface area contributed by atoms with E-state index < -0.39 is 0 Å². The Morgan fingerprint density at radius 2 is 1.81 bits per heavy atom. The summed E-state index contributed by atoms with van der Waals surface area (Å²) in [4.78, 5) is 21.5. The molecule has 31 heavy (non-hydrogen) atoms. The van der Waals surface area contributed by atoms with Gasteiger partial charge in [-0.1, -0.05) is 12.1 Å². The molecule has 0 saturated carbocycles. The van der Waals surface area contributed by atoms with Gasteiger partial charge in [0.15, 0.2) is 0 Å². The molecule has 0 unspecified atom stereocenters. The van der Waals surface area contributed by atoms with Crippen molar-refractivity contribution in [3.05, 3.63) is 84.3 Å². The second kappa shape index (κ2) is 8.92. The van der Waals surface area contributed by atoms with Crippen molar-refractivity contribution < 1.29 is 4.39 Å². The van der Waals surface area contributed by atoms with Gasteiger partial charge in [-0.3, -0.25) is 4.98 Å². The standard InChI is InChI=1S/C22H17FN8/c1-14(15-2-5-17(23)6-3-15)28-22-29-19(16-4-7-18(11-24)27-12-16)10-20(31-22)30-21-13-25-8-9-26-21/h2-10,12-14H,1H3,(H2,26,28,29,30,31)/t14-/m0/s1. The zero-order valence-corrected chi connectivity index (χ0v) is 16.5. The van der Waals surface area contributed by atoms with Crippen molar-refractivity contribution in [2.45, 2.75) is 13.0 Å². The maximum absolute atomic E-state index is 13.2. The number of hydrogen-bond donors (Lipinski definition) is 2. The van der Waals surface area contributed by atoms with Crippen molar-refractivity contribution >= 4 is 17.6 Å². The minimum Gasteiger partial charge on any atom is -0.348 e. The van der Waals surface area contributed by atoms with Crippen LogP contribution in [0.2, 0.25) is 0 Å². The van der Waals surface area contributed by atoms with Crippen molar-refractivity contribution in [1.82, 2.24) is 24.9 Å². The first kappa shape index (κ1) is 19.8. The van der Waals surface area contributed by atoms with Crippen LogP contribution in [0.4, 0.5) is 22.0 Å². The van der Waals surface area contributed by atoms with Gasteiger partial charge in [0.05, 0.1) is 17.9 Å². The Kier molecular flexibility index (Phi) is 5.71. The molecule has 0 bridgehead atoms. The average Bonchev–Trinajstić information content (AvgIpc) is 2.80. The van der Waals surface area contributed by atoms with E-state index in [1.54, 1.807) is 55.1 Å². The van der Waals surface area contributed by atoms with Crippen LogP contribution in [-0.4, -0.2) is 24.9 Å². The van der Waals surface area contributed by atoms with Gasteiger partial charge in [0.1, 0.15) is 29.2 Å². The zero-order valence-electron chi connectivity index (χ0n) is 16.5. The number of nitriles is 1. The highest BCUT2D eigenvalue weighted by atomic mass is 19.1. The molecule has 0 radical (unpaired) electrons. The van der Waals surface area contributed by atoms with Crippen molar-refractivity contribution in [2.24, 2.45) is 0 Å². The summed E-state index contributed by atoms with van der Waals surface area (Å²) in [6.45, 7) is 1.93. The lowest BCUT2D eigenvalue weighted by atomic mass is 10.1. The third-order valence-corrected chi connectivity index (χ3v) is 4.43. The van der Waals surface area contributed by atoms with Crippen molar-refractivity contribution in [2.75, 3.05) is 10.6 Å². The smallest absolute Gasteiger partial charge is 0.225 e. The molecule has 8 nitrogen and oxygen atoms in total. The minimum atomic E-state index is -0.294. The van der Waals surface area contributed by atoms with Gasteiger partial charge in [-0.15, -0.1) is 0 Å². The van der Waals surface area contributed by atoms with Crippen LogP contribution in [-0.2, 0) is 0 Å². The number of benzene rings is 1. The van der Waals surface area contributed by atoms with E-state index in [1.165, 1.54) is 12.1 Å². The van der Waals surface area contributed by atoms with Gasteiger partial charge in [0.25, 0.3) is 0 Å². The Morgan fingerprint density at radius 1 is 0.968 bits per heavy atom. The molecular weight excluding hydrogens is 395 g/mol. The SMILES string of the molecule is C[C@H](Nc1nc(Nc2cnccn2)cc(-c2ccc(C#N)nc2)n1)c1ccc(F)cc1. The summed E-state index contributed by atoms with van der Waals surface area (Å²) in [5.74, 6) is 1.11. The van der Waals surface area contributed by atoms with Crippen LogP contribution in [0, 0.1) is 17.1 Å². The number of aromatic nitrogens is 5. The van der Waals surface area contributed by atoms with Gasteiger partial charge in [-0.05, 0) is 36.8 Å². The third-order valence-electron chi connectivity index (χ3n) is 4.43. The zero-order chi connectivity index (χ0) is 21.6. The van der Waals surface area contributed by atoms with Crippen LogP contribution in [0.1, 0.15) is 24.2 Å². The van der Waals surface area contributed by atoms with Gasteiger partial charge >= 0.3 is 0 Å². The van der Waals surface area contributed by atoms with E-state index in [-0.39, 0.29) is 11.9 Å². The molecule has 4 rings (SSSR count). The van der Waals surface area contributed by atoms with E-state index in [4.69, 9.17) is 5.26 Å². The maximum Gasteiger partial charge on any atom is 0.225 e. The molecule has 0 aliphatic heterocycles. The average molecular weight is 412 g/mol. The number of nitrogens with zero attached hydrogens (tertiary/aromatic N) is 6. The van der Waals surface area contributed by atoms with Crippen molar-refractivity contribution in [1.29, 1.82) is 5.26 Å². The summed E-state index contributed by atoms with van der Waals surface area (Å²) >= 11 is 0. The Labute approximate surface area is 177 Å². The fraction of sp³-hybridized carbons (Fsp3) is 0.0909. The number of nitrogens with one attached hydrogen (secondary N) is 2. The lowest BCUT2D eigenvalue weighted by Gasteiger charge is -2.16. The second-order valence-electron chi connectivity index (χ2n) is 6.64. The topological polar surface area (TPSA) is 112 Å². The number of anilines is 3. The van der Waals surface area contributed by atoms with Gasteiger partial charge in [0.2, 0.25) is 5.95 Å². The van der Waals surface area contributed by atoms with Crippen LogP contribution < -0.4 is 10.6 Å². The maximum atomic E-state index is 13.2. The van der Waals surface area contributed by atoms with Crippen LogP contribution >= 0.6 is 0 Å². The first-order valence-corrected chi connectivity index (χ1v) is 9.41. The summed E-state index contributed by atoms with van der Waals surface area (Å²) in [7, 11) is 0. The molecule has 1 atom stereocenters. The highest BCUT2D eigenvalue weighted by molar-refractivity contribution is 5.66. The van der Waals surface area contributed by atoms with Crippen LogP contribution in [0.3, 0.4) is 0 Å². The van der Waals surface area contributed by atoms with Gasteiger partial charge in [-0.25, -0.2) is 19.3 Å². The molecule has 0 aliphatic carbocycles. The highest BCUT2D eigenvalue weighted by Gasteiger charge is 2.12. The minimum absolute atomic E-state index is 0.167. The predicted molar refractivity (Wildman–Crippen MR) is 114 cm³/mol. The van der Waals surface area contributed by atoms with Crippen molar-refractivity contribution in [3.8, 4) is 17.3 Å². The molecule has 0 fully saturated rings. The van der Waals surface area contributed by atoms with Crippen LogP contribution in [0.5, 0.6) is 0 Å². The molecule has 0 aliphatic rings. The fourth-order valence-electron chi connectivity index (χ4n) is 2.86. The number of halogens is 1. The van der Waals surface area contributed by atoms with Gasteiger partial charge in [0, 0.05) is 30.2 Å². The molecule has 0 amide bonds. The first-order valence-electron chi connectivity index (χ1n) is 9.41. The Bertz CT molecular complexity index is 1210. The molecule has 3 heterocycles. The molecule has 9 heteroatoms. The van der Waals surface area contributed by atoms with E-state index in [0.717, 1.165) is 11.1 Å². The first-order chi connectivity index (χ1) is 15.1. The summed E-state index contributed by atoms with van der Waals surface area (Å²) < 4.78 is 13.2. The summed E-state index contributed by atoms with van der Waals surface area (Å²) in [6, 6.07) is 13.2. The van der Waals surface area contributed by atoms with Gasteiger partial charge < -0.3 is 10.6 Å². The van der Waals surface area contributed by atoms with E-state index >= 15 is 0 Å². The molecule has 1 aromatic carbocycles. The Balaban J connectivity index is 1.67. The van der Waals surface area contributed by atoms with Crippen LogP contribution in [0.25, 0.3) is 11.3 Å². The van der Waals surface area contributed by atoms with E-state index in [9.17, 15) is 4.39 Å². The van der Waals surface area contributed by atoms with E-state index in [1.807, 2.05) is 13.0 Å². The largest absolute Gasteiger partial charge is 0.348 e. The molecule has 2 N–H and O–H groups in total. The molecule has 0 saturated heterocycles. The van der Waals surface area contributed by atoms with E-state index in [0.29, 0.717) is 29.0 Å².